The molecule has 0 amide bonds. The molecular weight excluding hydrogens is 520 g/mol. The van der Waals surface area contributed by atoms with Crippen LogP contribution in [0.1, 0.15) is 66.6 Å². The van der Waals surface area contributed by atoms with Crippen molar-refractivity contribution in [3.8, 4) is 11.5 Å². The first-order valence-electron chi connectivity index (χ1n) is 11.4. The number of ether oxygens (including phenoxy) is 2. The summed E-state index contributed by atoms with van der Waals surface area (Å²) in [5.74, 6) is 2.71. The van der Waals surface area contributed by atoms with E-state index >= 15 is 0 Å². The molecule has 0 radical (unpaired) electrons. The summed E-state index contributed by atoms with van der Waals surface area (Å²) in [6.07, 6.45) is 2.92. The zero-order valence-corrected chi connectivity index (χ0v) is 22.4. The maximum atomic E-state index is 11.8. The molecule has 2 aromatic rings. The predicted molar refractivity (Wildman–Crippen MR) is 139 cm³/mol. The number of halogens is 1. The largest absolute Gasteiger partial charge is 0.507 e. The fourth-order valence-electron chi connectivity index (χ4n) is 4.16. The van der Waals surface area contributed by atoms with Crippen molar-refractivity contribution in [1.82, 2.24) is 0 Å². The van der Waals surface area contributed by atoms with E-state index in [1.165, 1.54) is 33.3 Å². The van der Waals surface area contributed by atoms with Crippen molar-refractivity contribution in [2.75, 3.05) is 14.2 Å². The SMILES string of the molecule is COC(=O)C1(c2ccc(O)c(/C(C)=N/O)c2)CC1.COC(=O)C1(c2ccc(O)c(C(C)=O)c2)CC1.Cl.NO. The highest BCUT2D eigenvalue weighted by Gasteiger charge is 2.53. The minimum Gasteiger partial charge on any atom is -0.507 e. The van der Waals surface area contributed by atoms with E-state index in [4.69, 9.17) is 19.9 Å². The molecule has 2 saturated carbocycles. The van der Waals surface area contributed by atoms with Gasteiger partial charge in [0.1, 0.15) is 11.5 Å². The van der Waals surface area contributed by atoms with Crippen molar-refractivity contribution in [3.63, 3.8) is 0 Å². The van der Waals surface area contributed by atoms with Gasteiger partial charge in [0.25, 0.3) is 0 Å². The Balaban J connectivity index is 0.000000349. The van der Waals surface area contributed by atoms with Crippen LogP contribution in [0.5, 0.6) is 11.5 Å². The Labute approximate surface area is 226 Å². The number of oxime groups is 1. The third kappa shape index (κ3) is 6.42. The van der Waals surface area contributed by atoms with E-state index in [9.17, 15) is 24.6 Å². The lowest BCUT2D eigenvalue weighted by Gasteiger charge is -2.14. The van der Waals surface area contributed by atoms with Gasteiger partial charge in [0, 0.05) is 5.56 Å². The molecule has 0 aromatic heterocycles. The number of aromatic hydroxyl groups is 2. The van der Waals surface area contributed by atoms with E-state index in [1.807, 2.05) is 0 Å². The first kappa shape index (κ1) is 32.4. The van der Waals surface area contributed by atoms with Crippen LogP contribution in [0.3, 0.4) is 0 Å². The first-order chi connectivity index (χ1) is 17.6. The van der Waals surface area contributed by atoms with Crippen molar-refractivity contribution >= 4 is 35.8 Å². The van der Waals surface area contributed by atoms with Gasteiger partial charge in [-0.1, -0.05) is 17.3 Å². The Hall–Kier alpha value is -3.67. The Morgan fingerprint density at radius 1 is 0.789 bits per heavy atom. The summed E-state index contributed by atoms with van der Waals surface area (Å²) in [5.41, 5.74) is 1.30. The first-order valence-corrected chi connectivity index (χ1v) is 11.4. The third-order valence-electron chi connectivity index (χ3n) is 6.67. The highest BCUT2D eigenvalue weighted by molar-refractivity contribution is 6.01. The number of hydrogen-bond acceptors (Lipinski definition) is 11. The van der Waals surface area contributed by atoms with Crippen LogP contribution in [-0.2, 0) is 29.9 Å². The van der Waals surface area contributed by atoms with Gasteiger partial charge in [-0.3, -0.25) is 14.4 Å². The van der Waals surface area contributed by atoms with E-state index in [2.05, 4.69) is 11.1 Å². The summed E-state index contributed by atoms with van der Waals surface area (Å²) < 4.78 is 9.58. The molecule has 2 aliphatic carbocycles. The van der Waals surface area contributed by atoms with Crippen LogP contribution in [0, 0.1) is 0 Å². The molecule has 2 fully saturated rings. The van der Waals surface area contributed by atoms with Crippen LogP contribution >= 0.6 is 12.4 Å². The van der Waals surface area contributed by atoms with E-state index in [0.717, 1.165) is 36.8 Å². The number of Topliss-reactive ketones (excluding diaryl/α,β-unsaturated/α-hetero) is 1. The van der Waals surface area contributed by atoms with Gasteiger partial charge in [0.05, 0.1) is 36.3 Å². The van der Waals surface area contributed by atoms with Crippen molar-refractivity contribution < 1.29 is 44.5 Å². The second-order valence-corrected chi connectivity index (χ2v) is 8.85. The van der Waals surface area contributed by atoms with E-state index < -0.39 is 10.8 Å². The number of phenols is 2. The average Bonchev–Trinajstić information content (AvgIpc) is 3.84. The van der Waals surface area contributed by atoms with Crippen molar-refractivity contribution in [2.24, 2.45) is 11.1 Å². The van der Waals surface area contributed by atoms with E-state index in [1.54, 1.807) is 31.2 Å². The second-order valence-electron chi connectivity index (χ2n) is 8.85. The summed E-state index contributed by atoms with van der Waals surface area (Å²) in [6.45, 7) is 2.97. The maximum absolute atomic E-state index is 11.8. The Morgan fingerprint density at radius 3 is 1.47 bits per heavy atom. The standard InChI is InChI=1S/C13H15NO4.C13H14O4.ClH.H3NO/c1-8(14-17)10-7-9(3-4-11(10)15)13(5-6-13)12(16)18-2;1-8(14)10-7-9(3-4-11(10)15)13(5-6-13)12(16)17-2;;1-2/h3-4,7,15,17H,5-6H2,1-2H3;3-4,7,15H,5-6H2,1-2H3;1H;2H,1H2/b14-8+;;;. The molecular formula is C26H33ClN2O9. The number of nitrogens with zero attached hydrogens (tertiary/aromatic N) is 1. The Bertz CT molecular complexity index is 1210. The van der Waals surface area contributed by atoms with Gasteiger partial charge in [-0.15, -0.1) is 12.4 Å². The lowest BCUT2D eigenvalue weighted by Crippen LogP contribution is -2.22. The number of ketones is 1. The van der Waals surface area contributed by atoms with Gasteiger partial charge in [-0.25, -0.2) is 5.90 Å². The van der Waals surface area contributed by atoms with Gasteiger partial charge in [-0.2, -0.15) is 0 Å². The molecule has 11 nitrogen and oxygen atoms in total. The quantitative estimate of drug-likeness (QED) is 0.117. The molecule has 0 unspecified atom stereocenters. The molecule has 0 bridgehead atoms. The van der Waals surface area contributed by atoms with Gasteiger partial charge in [-0.05, 0) is 74.9 Å². The van der Waals surface area contributed by atoms with Crippen LogP contribution in [-0.4, -0.2) is 58.3 Å². The van der Waals surface area contributed by atoms with Crippen LogP contribution in [0.2, 0.25) is 0 Å². The summed E-state index contributed by atoms with van der Waals surface area (Å²) in [7, 11) is 2.72. The van der Waals surface area contributed by atoms with Crippen LogP contribution in [0.15, 0.2) is 41.6 Å². The second kappa shape index (κ2) is 13.2. The van der Waals surface area contributed by atoms with Crippen LogP contribution in [0.4, 0.5) is 0 Å². The molecule has 4 rings (SSSR count). The summed E-state index contributed by atoms with van der Waals surface area (Å²) >= 11 is 0. The zero-order chi connectivity index (χ0) is 28.0. The topological polar surface area (TPSA) is 189 Å². The Kier molecular flexibility index (Phi) is 11.3. The normalized spacial score (nSPS) is 15.7. The smallest absolute Gasteiger partial charge is 0.316 e. The van der Waals surface area contributed by atoms with Crippen molar-refractivity contribution in [2.45, 2.75) is 50.4 Å². The molecule has 0 heterocycles. The third-order valence-corrected chi connectivity index (χ3v) is 6.67. The highest BCUT2D eigenvalue weighted by atomic mass is 35.5. The molecule has 12 heteroatoms. The predicted octanol–water partition coefficient (Wildman–Crippen LogP) is 3.35. The number of esters is 2. The van der Waals surface area contributed by atoms with Crippen molar-refractivity contribution in [3.05, 3.63) is 58.7 Å². The van der Waals surface area contributed by atoms with Gasteiger partial charge >= 0.3 is 11.9 Å². The Morgan fingerprint density at radius 2 is 1.16 bits per heavy atom. The number of carbonyl (C=O) groups excluding carboxylic acids is 3. The number of rotatable bonds is 6. The number of carbonyl (C=O) groups is 3. The lowest BCUT2D eigenvalue weighted by atomic mass is 9.93. The van der Waals surface area contributed by atoms with E-state index in [0.29, 0.717) is 11.3 Å². The van der Waals surface area contributed by atoms with Gasteiger partial charge < -0.3 is 30.1 Å². The molecule has 0 saturated heterocycles. The van der Waals surface area contributed by atoms with Gasteiger partial charge in [0.15, 0.2) is 5.78 Å². The molecule has 2 aromatic carbocycles. The molecule has 0 spiro atoms. The number of methoxy groups -OCH3 is 2. The minimum absolute atomic E-state index is 0. The lowest BCUT2D eigenvalue weighted by molar-refractivity contribution is -0.144. The monoisotopic (exact) mass is 552 g/mol. The molecule has 208 valence electrons. The molecule has 0 aliphatic heterocycles. The molecule has 38 heavy (non-hydrogen) atoms. The highest BCUT2D eigenvalue weighted by Crippen LogP contribution is 2.50. The maximum Gasteiger partial charge on any atom is 0.316 e. The molecule has 6 N–H and O–H groups in total. The van der Waals surface area contributed by atoms with E-state index in [-0.39, 0.29) is 47.2 Å². The molecule has 0 atom stereocenters. The zero-order valence-electron chi connectivity index (χ0n) is 21.6. The summed E-state index contributed by atoms with van der Waals surface area (Å²) in [4.78, 5) is 34.8. The van der Waals surface area contributed by atoms with Gasteiger partial charge in [0.2, 0.25) is 0 Å². The summed E-state index contributed by atoms with van der Waals surface area (Å²) in [6, 6.07) is 9.59. The molecule has 2 aliphatic rings. The van der Waals surface area contributed by atoms with Crippen LogP contribution in [0.25, 0.3) is 0 Å². The van der Waals surface area contributed by atoms with Crippen LogP contribution < -0.4 is 5.90 Å². The number of hydrogen-bond donors (Lipinski definition) is 5. The number of benzene rings is 2. The number of nitrogens with two attached hydrogens (primary N) is 1. The minimum atomic E-state index is -0.605. The fourth-order valence-corrected chi connectivity index (χ4v) is 4.16. The van der Waals surface area contributed by atoms with Crippen molar-refractivity contribution in [1.29, 1.82) is 0 Å². The fraction of sp³-hybridized carbons (Fsp3) is 0.385. The number of phenolic OH excluding ortho intramolecular Hbond substituents is 2. The summed E-state index contributed by atoms with van der Waals surface area (Å²) in [5, 5.41) is 37.6. The average molecular weight is 553 g/mol.